The third-order valence-electron chi connectivity index (χ3n) is 13.3. The number of allylic oxidation sites excluding steroid dienone is 8. The van der Waals surface area contributed by atoms with Gasteiger partial charge in [0.2, 0.25) is 0 Å². The van der Waals surface area contributed by atoms with Crippen LogP contribution in [0.25, 0.3) is 0 Å². The predicted molar refractivity (Wildman–Crippen MR) is 298 cm³/mol. The van der Waals surface area contributed by atoms with Crippen LogP contribution in [0.2, 0.25) is 0 Å². The molecule has 0 aliphatic rings. The molecule has 0 N–H and O–H groups in total. The first-order valence-electron chi connectivity index (χ1n) is 30.1. The van der Waals surface area contributed by atoms with Crippen molar-refractivity contribution in [1.29, 1.82) is 0 Å². The highest BCUT2D eigenvalue weighted by molar-refractivity contribution is 5.71. The Morgan fingerprint density at radius 3 is 0.855 bits per heavy atom. The lowest BCUT2D eigenvalue weighted by Crippen LogP contribution is -2.30. The van der Waals surface area contributed by atoms with Crippen LogP contribution in [0.3, 0.4) is 0 Å². The average molecular weight is 968 g/mol. The van der Waals surface area contributed by atoms with Crippen LogP contribution in [-0.4, -0.2) is 37.2 Å². The van der Waals surface area contributed by atoms with Gasteiger partial charge in [-0.3, -0.25) is 14.4 Å². The second-order valence-corrected chi connectivity index (χ2v) is 20.3. The van der Waals surface area contributed by atoms with Crippen LogP contribution >= 0.6 is 0 Å². The second-order valence-electron chi connectivity index (χ2n) is 20.3. The van der Waals surface area contributed by atoms with E-state index < -0.39 is 6.10 Å². The molecule has 0 amide bonds. The zero-order valence-corrected chi connectivity index (χ0v) is 46.1. The highest BCUT2D eigenvalue weighted by Crippen LogP contribution is 2.16. The summed E-state index contributed by atoms with van der Waals surface area (Å²) in [4.78, 5) is 38.2. The van der Waals surface area contributed by atoms with Crippen LogP contribution in [0, 0.1) is 0 Å². The molecule has 1 atom stereocenters. The molecule has 0 aromatic rings. The normalized spacial score (nSPS) is 12.3. The Balaban J connectivity index is 4.37. The molecular formula is C63H114O6. The van der Waals surface area contributed by atoms with E-state index >= 15 is 0 Å². The first-order chi connectivity index (χ1) is 34.0. The number of hydrogen-bond acceptors (Lipinski definition) is 6. The van der Waals surface area contributed by atoms with Gasteiger partial charge in [-0.15, -0.1) is 0 Å². The zero-order valence-electron chi connectivity index (χ0n) is 46.1. The van der Waals surface area contributed by atoms with Crippen molar-refractivity contribution in [2.24, 2.45) is 0 Å². The van der Waals surface area contributed by atoms with Gasteiger partial charge in [0, 0.05) is 19.3 Å². The third-order valence-corrected chi connectivity index (χ3v) is 13.3. The summed E-state index contributed by atoms with van der Waals surface area (Å²) in [6.45, 7) is 6.63. The summed E-state index contributed by atoms with van der Waals surface area (Å²) in [6, 6.07) is 0. The molecule has 6 heteroatoms. The molecule has 0 heterocycles. The molecule has 69 heavy (non-hydrogen) atoms. The zero-order chi connectivity index (χ0) is 50.0. The van der Waals surface area contributed by atoms with Gasteiger partial charge >= 0.3 is 17.9 Å². The van der Waals surface area contributed by atoms with Crippen molar-refractivity contribution < 1.29 is 28.6 Å². The van der Waals surface area contributed by atoms with Crippen LogP contribution in [0.5, 0.6) is 0 Å². The van der Waals surface area contributed by atoms with Crippen LogP contribution < -0.4 is 0 Å². The Hall–Kier alpha value is -2.63. The fourth-order valence-electron chi connectivity index (χ4n) is 8.74. The quantitative estimate of drug-likeness (QED) is 0.0262. The number of esters is 3. The minimum Gasteiger partial charge on any atom is -0.462 e. The topological polar surface area (TPSA) is 78.9 Å². The molecule has 0 saturated carbocycles. The molecule has 6 nitrogen and oxygen atoms in total. The van der Waals surface area contributed by atoms with Crippen LogP contribution in [0.4, 0.5) is 0 Å². The minimum atomic E-state index is -0.780. The van der Waals surface area contributed by atoms with Gasteiger partial charge in [-0.05, 0) is 83.5 Å². The number of carbonyl (C=O) groups is 3. The Kier molecular flexibility index (Phi) is 55.7. The van der Waals surface area contributed by atoms with Gasteiger partial charge in [0.05, 0.1) is 0 Å². The van der Waals surface area contributed by atoms with E-state index in [9.17, 15) is 14.4 Å². The molecule has 402 valence electrons. The van der Waals surface area contributed by atoms with Crippen molar-refractivity contribution in [3.63, 3.8) is 0 Å². The van der Waals surface area contributed by atoms with Crippen molar-refractivity contribution in [3.05, 3.63) is 48.6 Å². The molecule has 0 aliphatic carbocycles. The maximum atomic E-state index is 12.9. The lowest BCUT2D eigenvalue weighted by atomic mass is 10.0. The summed E-state index contributed by atoms with van der Waals surface area (Å²) < 4.78 is 16.9. The molecule has 0 radical (unpaired) electrons. The van der Waals surface area contributed by atoms with Crippen molar-refractivity contribution in [3.8, 4) is 0 Å². The van der Waals surface area contributed by atoms with E-state index in [1.165, 1.54) is 193 Å². The number of carbonyl (C=O) groups excluding carboxylic acids is 3. The standard InChI is InChI=1S/C63H114O6/c1-4-7-10-13-16-19-22-25-28-30-32-34-35-38-41-44-47-50-53-56-62(65)68-59-60(58-67-61(64)55-52-49-46-43-40-37-27-24-21-18-15-12-9-6-3)69-63(66)57-54-51-48-45-42-39-36-33-31-29-26-23-20-17-14-11-8-5-2/h16,19,24-25,27-28,32,34,60H,4-15,17-18,20-23,26,29-31,33,35-59H2,1-3H3/b19-16-,27-24-,28-25-,34-32-/t60-/m1/s1. The summed E-state index contributed by atoms with van der Waals surface area (Å²) in [6.07, 6.45) is 71.0. The second kappa shape index (κ2) is 57.9. The highest BCUT2D eigenvalue weighted by Gasteiger charge is 2.19. The van der Waals surface area contributed by atoms with Crippen molar-refractivity contribution >= 4 is 17.9 Å². The summed E-state index contributed by atoms with van der Waals surface area (Å²) in [5.74, 6) is -0.881. The molecule has 0 aromatic heterocycles. The Morgan fingerprint density at radius 1 is 0.290 bits per heavy atom. The largest absolute Gasteiger partial charge is 0.462 e. The van der Waals surface area contributed by atoms with Gasteiger partial charge in [0.15, 0.2) is 6.10 Å². The summed E-state index contributed by atoms with van der Waals surface area (Å²) in [5.41, 5.74) is 0. The van der Waals surface area contributed by atoms with Gasteiger partial charge < -0.3 is 14.2 Å². The van der Waals surface area contributed by atoms with E-state index in [4.69, 9.17) is 14.2 Å². The molecule has 0 fully saturated rings. The summed E-state index contributed by atoms with van der Waals surface area (Å²) in [7, 11) is 0. The van der Waals surface area contributed by atoms with Crippen LogP contribution in [-0.2, 0) is 28.6 Å². The summed E-state index contributed by atoms with van der Waals surface area (Å²) >= 11 is 0. The number of ether oxygens (including phenoxy) is 3. The highest BCUT2D eigenvalue weighted by atomic mass is 16.6. The Bertz CT molecular complexity index is 1200. The van der Waals surface area contributed by atoms with E-state index in [1.807, 2.05) is 0 Å². The fourth-order valence-corrected chi connectivity index (χ4v) is 8.74. The SMILES string of the molecule is CCCCC/C=C\C/C=C\C/C=C\CCCCCCCCC(=O)OC[C@@H](COC(=O)CCCCCCC/C=C\CCCCCCC)OC(=O)CCCCCCCCCCCCCCCCCCCC. The molecule has 0 aromatic carbocycles. The van der Waals surface area contributed by atoms with Gasteiger partial charge in [-0.25, -0.2) is 0 Å². The van der Waals surface area contributed by atoms with Gasteiger partial charge in [0.1, 0.15) is 13.2 Å². The Labute approximate surface area is 428 Å². The lowest BCUT2D eigenvalue weighted by molar-refractivity contribution is -0.167. The fraction of sp³-hybridized carbons (Fsp3) is 0.825. The van der Waals surface area contributed by atoms with Gasteiger partial charge in [0.25, 0.3) is 0 Å². The average Bonchev–Trinajstić information content (AvgIpc) is 3.35. The molecular weight excluding hydrogens is 853 g/mol. The third kappa shape index (κ3) is 56.2. The van der Waals surface area contributed by atoms with E-state index in [-0.39, 0.29) is 31.1 Å². The van der Waals surface area contributed by atoms with Crippen molar-refractivity contribution in [2.45, 2.75) is 322 Å². The number of hydrogen-bond donors (Lipinski definition) is 0. The molecule has 0 bridgehead atoms. The lowest BCUT2D eigenvalue weighted by Gasteiger charge is -2.18. The molecule has 0 rings (SSSR count). The number of unbranched alkanes of at least 4 members (excludes halogenated alkanes) is 36. The smallest absolute Gasteiger partial charge is 0.306 e. The maximum Gasteiger partial charge on any atom is 0.306 e. The van der Waals surface area contributed by atoms with E-state index in [0.717, 1.165) is 83.5 Å². The molecule has 0 unspecified atom stereocenters. The summed E-state index contributed by atoms with van der Waals surface area (Å²) in [5, 5.41) is 0. The predicted octanol–water partition coefficient (Wildman–Crippen LogP) is 20.2. The van der Waals surface area contributed by atoms with Crippen molar-refractivity contribution in [1.82, 2.24) is 0 Å². The van der Waals surface area contributed by atoms with E-state index in [2.05, 4.69) is 69.4 Å². The monoisotopic (exact) mass is 967 g/mol. The van der Waals surface area contributed by atoms with Crippen LogP contribution in [0.15, 0.2) is 48.6 Å². The molecule has 0 spiro atoms. The first-order valence-corrected chi connectivity index (χ1v) is 30.1. The number of rotatable bonds is 55. The van der Waals surface area contributed by atoms with Gasteiger partial charge in [-0.2, -0.15) is 0 Å². The minimum absolute atomic E-state index is 0.0787. The van der Waals surface area contributed by atoms with E-state index in [1.54, 1.807) is 0 Å². The van der Waals surface area contributed by atoms with Crippen LogP contribution in [0.1, 0.15) is 316 Å². The Morgan fingerprint density at radius 2 is 0.522 bits per heavy atom. The van der Waals surface area contributed by atoms with Crippen molar-refractivity contribution in [2.75, 3.05) is 13.2 Å². The molecule has 0 saturated heterocycles. The van der Waals surface area contributed by atoms with E-state index in [0.29, 0.717) is 19.3 Å². The molecule has 0 aliphatic heterocycles. The van der Waals surface area contributed by atoms with Gasteiger partial charge in [-0.1, -0.05) is 262 Å². The maximum absolute atomic E-state index is 12.9. The first kappa shape index (κ1) is 66.4.